The Balaban J connectivity index is 1.99. The van der Waals surface area contributed by atoms with Crippen molar-refractivity contribution in [3.05, 3.63) is 64.2 Å². The fraction of sp³-hybridized carbons (Fsp3) is 0.350. The van der Waals surface area contributed by atoms with Crippen LogP contribution < -0.4 is 5.32 Å². The monoisotopic (exact) mass is 309 g/mol. The molecule has 0 radical (unpaired) electrons. The number of fused-ring (bicyclic) bond motifs is 1. The van der Waals surface area contributed by atoms with Crippen LogP contribution in [-0.4, -0.2) is 11.0 Å². The van der Waals surface area contributed by atoms with Crippen molar-refractivity contribution in [2.45, 2.75) is 45.6 Å². The van der Waals surface area contributed by atoms with Gasteiger partial charge in [-0.3, -0.25) is 4.79 Å². The number of anilines is 1. The minimum absolute atomic E-state index is 0.0692. The Morgan fingerprint density at radius 3 is 2.52 bits per heavy atom. The summed E-state index contributed by atoms with van der Waals surface area (Å²) in [6, 6.07) is 12.0. The van der Waals surface area contributed by atoms with Crippen molar-refractivity contribution in [2.24, 2.45) is 0 Å². The quantitative estimate of drug-likeness (QED) is 0.896. The van der Waals surface area contributed by atoms with Crippen molar-refractivity contribution in [1.82, 2.24) is 0 Å². The fourth-order valence-electron chi connectivity index (χ4n) is 3.46. The summed E-state index contributed by atoms with van der Waals surface area (Å²) in [7, 11) is 0. The van der Waals surface area contributed by atoms with Crippen LogP contribution >= 0.6 is 0 Å². The second kappa shape index (κ2) is 6.17. The number of aliphatic hydroxyl groups excluding tert-OH is 1. The highest BCUT2D eigenvalue weighted by molar-refractivity contribution is 6.04. The first-order chi connectivity index (χ1) is 11.0. The van der Waals surface area contributed by atoms with Crippen LogP contribution in [-0.2, 0) is 11.2 Å². The van der Waals surface area contributed by atoms with Crippen molar-refractivity contribution in [1.29, 1.82) is 0 Å². The molecular formula is C20H23NO2. The lowest BCUT2D eigenvalue weighted by molar-refractivity contribution is -0.117. The Bertz CT molecular complexity index is 737. The number of amides is 1. The highest BCUT2D eigenvalue weighted by Crippen LogP contribution is 2.41. The minimum atomic E-state index is -0.561. The average molecular weight is 309 g/mol. The van der Waals surface area contributed by atoms with Crippen LogP contribution in [0.1, 0.15) is 53.2 Å². The van der Waals surface area contributed by atoms with Crippen LogP contribution in [0.25, 0.3) is 0 Å². The van der Waals surface area contributed by atoms with Crippen LogP contribution in [0.2, 0.25) is 0 Å². The average Bonchev–Trinajstić information content (AvgIpc) is 2.87. The third-order valence-corrected chi connectivity index (χ3v) is 4.95. The molecule has 0 spiro atoms. The Kier molecular flexibility index (Phi) is 4.22. The van der Waals surface area contributed by atoms with Gasteiger partial charge >= 0.3 is 0 Å². The summed E-state index contributed by atoms with van der Waals surface area (Å²) in [4.78, 5) is 12.1. The largest absolute Gasteiger partial charge is 0.388 e. The van der Waals surface area contributed by atoms with E-state index in [-0.39, 0.29) is 11.8 Å². The molecule has 120 valence electrons. The number of nitrogens with one attached hydrogen (secondary N) is 1. The van der Waals surface area contributed by atoms with Crippen molar-refractivity contribution in [3.63, 3.8) is 0 Å². The molecule has 3 rings (SSSR count). The van der Waals surface area contributed by atoms with E-state index in [0.717, 1.165) is 39.9 Å². The molecule has 1 aliphatic rings. The second-order valence-electron chi connectivity index (χ2n) is 6.34. The van der Waals surface area contributed by atoms with E-state index < -0.39 is 6.10 Å². The molecule has 23 heavy (non-hydrogen) atoms. The number of hydrogen-bond donors (Lipinski definition) is 2. The van der Waals surface area contributed by atoms with Gasteiger partial charge in [0, 0.05) is 12.1 Å². The van der Waals surface area contributed by atoms with E-state index >= 15 is 0 Å². The lowest BCUT2D eigenvalue weighted by atomic mass is 9.88. The Morgan fingerprint density at radius 1 is 1.17 bits per heavy atom. The van der Waals surface area contributed by atoms with E-state index in [4.69, 9.17) is 0 Å². The van der Waals surface area contributed by atoms with E-state index in [1.165, 1.54) is 0 Å². The molecule has 2 N–H and O–H groups in total. The second-order valence-corrected chi connectivity index (χ2v) is 6.34. The van der Waals surface area contributed by atoms with E-state index in [2.05, 4.69) is 5.32 Å². The minimum Gasteiger partial charge on any atom is -0.388 e. The molecule has 1 heterocycles. The number of carbonyl (C=O) groups is 1. The Morgan fingerprint density at radius 2 is 1.87 bits per heavy atom. The number of hydrogen-bond acceptors (Lipinski definition) is 2. The van der Waals surface area contributed by atoms with Gasteiger partial charge in [-0.1, -0.05) is 43.3 Å². The summed E-state index contributed by atoms with van der Waals surface area (Å²) < 4.78 is 0. The summed E-state index contributed by atoms with van der Waals surface area (Å²) in [5, 5.41) is 13.7. The van der Waals surface area contributed by atoms with Crippen LogP contribution in [0.15, 0.2) is 36.4 Å². The van der Waals surface area contributed by atoms with E-state index in [0.29, 0.717) is 6.42 Å². The maximum absolute atomic E-state index is 12.1. The first-order valence-corrected chi connectivity index (χ1v) is 8.19. The van der Waals surface area contributed by atoms with Gasteiger partial charge in [0.15, 0.2) is 0 Å². The number of benzene rings is 2. The van der Waals surface area contributed by atoms with E-state index in [1.807, 2.05) is 57.2 Å². The van der Waals surface area contributed by atoms with Gasteiger partial charge in [-0.15, -0.1) is 0 Å². The molecule has 3 nitrogen and oxygen atoms in total. The van der Waals surface area contributed by atoms with E-state index in [9.17, 15) is 9.90 Å². The summed E-state index contributed by atoms with van der Waals surface area (Å²) in [5.74, 6) is -0.0355. The molecule has 2 aromatic carbocycles. The molecule has 2 atom stereocenters. The number of carbonyl (C=O) groups excluding carboxylic acids is 1. The molecular weight excluding hydrogens is 286 g/mol. The van der Waals surface area contributed by atoms with Gasteiger partial charge < -0.3 is 10.4 Å². The zero-order chi connectivity index (χ0) is 16.6. The molecule has 1 amide bonds. The maximum atomic E-state index is 12.1. The number of rotatable bonds is 4. The first-order valence-electron chi connectivity index (χ1n) is 8.19. The molecule has 0 aliphatic carbocycles. The smallest absolute Gasteiger partial charge is 0.232 e. The lowest BCUT2D eigenvalue weighted by Crippen LogP contribution is -2.10. The van der Waals surface area contributed by atoms with Gasteiger partial charge in [-0.25, -0.2) is 0 Å². The standard InChI is InChI=1S/C20H23NO2/c1-4-15-17-11-16(12(2)13(3)19(17)21-20(15)23)18(22)10-14-8-6-5-7-9-14/h5-9,11,15,18,22H,4,10H2,1-3H3,(H,21,23). The highest BCUT2D eigenvalue weighted by Gasteiger charge is 2.32. The van der Waals surface area contributed by atoms with Crippen molar-refractivity contribution < 1.29 is 9.90 Å². The molecule has 3 heteroatoms. The third-order valence-electron chi connectivity index (χ3n) is 4.95. The predicted octanol–water partition coefficient (Wildman–Crippen LogP) is 4.03. The highest BCUT2D eigenvalue weighted by atomic mass is 16.3. The predicted molar refractivity (Wildman–Crippen MR) is 92.7 cm³/mol. The van der Waals surface area contributed by atoms with Crippen LogP contribution in [0.5, 0.6) is 0 Å². The zero-order valence-corrected chi connectivity index (χ0v) is 13.9. The van der Waals surface area contributed by atoms with Gasteiger partial charge in [0.25, 0.3) is 0 Å². The SMILES string of the molecule is CCC1C(=O)Nc2c1cc(C(O)Cc1ccccc1)c(C)c2C. The molecule has 1 aliphatic heterocycles. The molecule has 0 aromatic heterocycles. The van der Waals surface area contributed by atoms with Gasteiger partial charge in [0.1, 0.15) is 0 Å². The Hall–Kier alpha value is -2.13. The van der Waals surface area contributed by atoms with Crippen molar-refractivity contribution >= 4 is 11.6 Å². The van der Waals surface area contributed by atoms with E-state index in [1.54, 1.807) is 0 Å². The lowest BCUT2D eigenvalue weighted by Gasteiger charge is -2.19. The Labute approximate surface area is 137 Å². The number of aliphatic hydroxyl groups is 1. The van der Waals surface area contributed by atoms with Gasteiger partial charge in [0.2, 0.25) is 5.91 Å². The summed E-state index contributed by atoms with van der Waals surface area (Å²) >= 11 is 0. The molecule has 2 aromatic rings. The molecule has 0 saturated carbocycles. The summed E-state index contributed by atoms with van der Waals surface area (Å²) in [5.41, 5.74) is 6.13. The fourth-order valence-corrected chi connectivity index (χ4v) is 3.46. The zero-order valence-electron chi connectivity index (χ0n) is 13.9. The normalized spacial score (nSPS) is 17.7. The van der Waals surface area contributed by atoms with Crippen molar-refractivity contribution in [2.75, 3.05) is 5.32 Å². The van der Waals surface area contributed by atoms with Gasteiger partial charge in [-0.05, 0) is 48.1 Å². The molecule has 0 bridgehead atoms. The summed E-state index contributed by atoms with van der Waals surface area (Å²) in [6.07, 6.45) is 0.794. The van der Waals surface area contributed by atoms with Gasteiger partial charge in [-0.2, -0.15) is 0 Å². The molecule has 0 saturated heterocycles. The van der Waals surface area contributed by atoms with Crippen LogP contribution in [0, 0.1) is 13.8 Å². The first kappa shape index (κ1) is 15.8. The topological polar surface area (TPSA) is 49.3 Å². The molecule has 2 unspecified atom stereocenters. The maximum Gasteiger partial charge on any atom is 0.232 e. The van der Waals surface area contributed by atoms with Crippen molar-refractivity contribution in [3.8, 4) is 0 Å². The molecule has 0 fully saturated rings. The summed E-state index contributed by atoms with van der Waals surface area (Å²) in [6.45, 7) is 6.06. The third kappa shape index (κ3) is 2.77. The van der Waals surface area contributed by atoms with Crippen LogP contribution in [0.4, 0.5) is 5.69 Å². The van der Waals surface area contributed by atoms with Crippen LogP contribution in [0.3, 0.4) is 0 Å². The van der Waals surface area contributed by atoms with Gasteiger partial charge in [0.05, 0.1) is 12.0 Å².